The molecule has 20 heavy (non-hydrogen) atoms. The highest BCUT2D eigenvalue weighted by atomic mass is 16.5. The summed E-state index contributed by atoms with van der Waals surface area (Å²) in [6, 6.07) is 11.5. The van der Waals surface area contributed by atoms with Crippen LogP contribution in [0, 0.1) is 0 Å². The number of carbonyl (C=O) groups is 1. The number of aromatic nitrogens is 1. The Balaban J connectivity index is 1.88. The van der Waals surface area contributed by atoms with Gasteiger partial charge >= 0.3 is 0 Å². The molecule has 3 rings (SSSR count). The van der Waals surface area contributed by atoms with Gasteiger partial charge < -0.3 is 14.2 Å². The zero-order valence-electron chi connectivity index (χ0n) is 11.7. The Morgan fingerprint density at radius 3 is 2.90 bits per heavy atom. The van der Waals surface area contributed by atoms with Crippen LogP contribution in [0.3, 0.4) is 0 Å². The van der Waals surface area contributed by atoms with E-state index < -0.39 is 0 Å². The Kier molecular flexibility index (Phi) is 3.22. The first kappa shape index (κ1) is 12.8. The van der Waals surface area contributed by atoms with Gasteiger partial charge in [0.1, 0.15) is 5.75 Å². The number of fused-ring (bicyclic) bond motifs is 1. The van der Waals surface area contributed by atoms with E-state index in [0.717, 1.165) is 13.1 Å². The molecule has 1 unspecified atom stereocenters. The molecule has 1 aromatic carbocycles. The summed E-state index contributed by atoms with van der Waals surface area (Å²) in [5.74, 6) is 0.771. The van der Waals surface area contributed by atoms with Gasteiger partial charge in [-0.3, -0.25) is 4.79 Å². The third kappa shape index (κ3) is 2.07. The van der Waals surface area contributed by atoms with E-state index >= 15 is 0 Å². The van der Waals surface area contributed by atoms with Crippen molar-refractivity contribution in [2.75, 3.05) is 13.7 Å². The molecular weight excluding hydrogens is 252 g/mol. The van der Waals surface area contributed by atoms with Crippen molar-refractivity contribution in [3.63, 3.8) is 0 Å². The van der Waals surface area contributed by atoms with E-state index in [-0.39, 0.29) is 11.9 Å². The third-order valence-electron chi connectivity index (χ3n) is 3.92. The van der Waals surface area contributed by atoms with Gasteiger partial charge in [-0.05, 0) is 37.3 Å². The standard InChI is InChI=1S/C16H18N2O2/c1-12-15-7-4-8-17(15)9-10-18(12)16(19)13-5-3-6-14(11-13)20-2/h3-8,11-12H,9-10H2,1-2H3. The number of methoxy groups -OCH3 is 1. The molecule has 0 saturated heterocycles. The molecule has 4 nitrogen and oxygen atoms in total. The lowest BCUT2D eigenvalue weighted by atomic mass is 10.1. The Morgan fingerprint density at radius 2 is 2.10 bits per heavy atom. The average molecular weight is 270 g/mol. The summed E-state index contributed by atoms with van der Waals surface area (Å²) in [5, 5.41) is 0. The van der Waals surface area contributed by atoms with Crippen molar-refractivity contribution < 1.29 is 9.53 Å². The van der Waals surface area contributed by atoms with Crippen LogP contribution in [-0.2, 0) is 6.54 Å². The summed E-state index contributed by atoms with van der Waals surface area (Å²) < 4.78 is 7.40. The highest BCUT2D eigenvalue weighted by molar-refractivity contribution is 5.95. The van der Waals surface area contributed by atoms with Crippen LogP contribution >= 0.6 is 0 Å². The molecule has 1 atom stereocenters. The predicted octanol–water partition coefficient (Wildman–Crippen LogP) is 2.71. The number of benzene rings is 1. The Bertz CT molecular complexity index is 633. The molecule has 0 N–H and O–H groups in total. The van der Waals surface area contributed by atoms with Crippen molar-refractivity contribution in [1.82, 2.24) is 9.47 Å². The third-order valence-corrected chi connectivity index (χ3v) is 3.92. The summed E-state index contributed by atoms with van der Waals surface area (Å²) in [4.78, 5) is 14.6. The lowest BCUT2D eigenvalue weighted by molar-refractivity contribution is 0.0643. The van der Waals surface area contributed by atoms with Gasteiger partial charge in [0.15, 0.2) is 0 Å². The van der Waals surface area contributed by atoms with Crippen molar-refractivity contribution in [3.8, 4) is 5.75 Å². The lowest BCUT2D eigenvalue weighted by Gasteiger charge is -2.35. The minimum absolute atomic E-state index is 0.0591. The van der Waals surface area contributed by atoms with Crippen LogP contribution in [0.4, 0.5) is 0 Å². The largest absolute Gasteiger partial charge is 0.497 e. The highest BCUT2D eigenvalue weighted by Crippen LogP contribution is 2.27. The maximum Gasteiger partial charge on any atom is 0.254 e. The van der Waals surface area contributed by atoms with Crippen LogP contribution < -0.4 is 4.74 Å². The van der Waals surface area contributed by atoms with Crippen LogP contribution in [0.25, 0.3) is 0 Å². The van der Waals surface area contributed by atoms with Crippen molar-refractivity contribution >= 4 is 5.91 Å². The first-order chi connectivity index (χ1) is 9.70. The van der Waals surface area contributed by atoms with E-state index in [9.17, 15) is 4.79 Å². The van der Waals surface area contributed by atoms with Gasteiger partial charge in [0.25, 0.3) is 5.91 Å². The van der Waals surface area contributed by atoms with Gasteiger partial charge in [-0.25, -0.2) is 0 Å². The molecule has 2 aromatic rings. The maximum absolute atomic E-state index is 12.7. The Morgan fingerprint density at radius 1 is 1.25 bits per heavy atom. The molecule has 0 aliphatic carbocycles. The fourth-order valence-electron chi connectivity index (χ4n) is 2.78. The fourth-order valence-corrected chi connectivity index (χ4v) is 2.78. The second kappa shape index (κ2) is 5.04. The van der Waals surface area contributed by atoms with E-state index in [4.69, 9.17) is 4.74 Å². The number of carbonyl (C=O) groups excluding carboxylic acids is 1. The zero-order valence-corrected chi connectivity index (χ0v) is 11.7. The molecule has 1 aromatic heterocycles. The van der Waals surface area contributed by atoms with E-state index in [2.05, 4.69) is 23.8 Å². The monoisotopic (exact) mass is 270 g/mol. The van der Waals surface area contributed by atoms with Crippen LogP contribution in [0.2, 0.25) is 0 Å². The van der Waals surface area contributed by atoms with Gasteiger partial charge in [-0.2, -0.15) is 0 Å². The SMILES string of the molecule is COc1cccc(C(=O)N2CCn3cccc3C2C)c1. The highest BCUT2D eigenvalue weighted by Gasteiger charge is 2.28. The van der Waals surface area contributed by atoms with Gasteiger partial charge in [0.05, 0.1) is 13.2 Å². The van der Waals surface area contributed by atoms with Crippen LogP contribution in [0.15, 0.2) is 42.6 Å². The topological polar surface area (TPSA) is 34.5 Å². The van der Waals surface area contributed by atoms with Crippen LogP contribution in [0.5, 0.6) is 5.75 Å². The summed E-state index contributed by atoms with van der Waals surface area (Å²) >= 11 is 0. The van der Waals surface area contributed by atoms with Crippen molar-refractivity contribution in [3.05, 3.63) is 53.9 Å². The quantitative estimate of drug-likeness (QED) is 0.841. The van der Waals surface area contributed by atoms with E-state index in [1.807, 2.05) is 29.2 Å². The summed E-state index contributed by atoms with van der Waals surface area (Å²) in [5.41, 5.74) is 1.86. The molecule has 0 radical (unpaired) electrons. The second-order valence-electron chi connectivity index (χ2n) is 5.03. The Hall–Kier alpha value is -2.23. The van der Waals surface area contributed by atoms with Gasteiger partial charge in [0.2, 0.25) is 0 Å². The van der Waals surface area contributed by atoms with E-state index in [1.54, 1.807) is 13.2 Å². The molecule has 0 spiro atoms. The Labute approximate surface area is 118 Å². The molecule has 4 heteroatoms. The molecule has 0 bridgehead atoms. The average Bonchev–Trinajstić information content (AvgIpc) is 2.96. The summed E-state index contributed by atoms with van der Waals surface area (Å²) in [6.07, 6.45) is 2.07. The molecule has 1 aliphatic heterocycles. The molecular formula is C16H18N2O2. The molecule has 0 fully saturated rings. The van der Waals surface area contributed by atoms with Gasteiger partial charge in [0, 0.05) is 30.5 Å². The smallest absolute Gasteiger partial charge is 0.254 e. The molecule has 0 saturated carbocycles. The van der Waals surface area contributed by atoms with Crippen molar-refractivity contribution in [2.24, 2.45) is 0 Å². The normalized spacial score (nSPS) is 17.7. The number of ether oxygens (including phenoxy) is 1. The van der Waals surface area contributed by atoms with Gasteiger partial charge in [-0.1, -0.05) is 6.07 Å². The lowest BCUT2D eigenvalue weighted by Crippen LogP contribution is -2.40. The zero-order chi connectivity index (χ0) is 14.1. The van der Waals surface area contributed by atoms with Crippen LogP contribution in [0.1, 0.15) is 29.0 Å². The summed E-state index contributed by atoms with van der Waals surface area (Å²) in [6.45, 7) is 3.66. The predicted molar refractivity (Wildman–Crippen MR) is 76.9 cm³/mol. The molecule has 2 heterocycles. The fraction of sp³-hybridized carbons (Fsp3) is 0.312. The van der Waals surface area contributed by atoms with E-state index in [0.29, 0.717) is 11.3 Å². The molecule has 1 aliphatic rings. The number of nitrogens with zero attached hydrogens (tertiary/aromatic N) is 2. The molecule has 1 amide bonds. The number of amides is 1. The van der Waals surface area contributed by atoms with Crippen molar-refractivity contribution in [2.45, 2.75) is 19.5 Å². The molecule has 104 valence electrons. The second-order valence-corrected chi connectivity index (χ2v) is 5.03. The first-order valence-electron chi connectivity index (χ1n) is 6.81. The van der Waals surface area contributed by atoms with Gasteiger partial charge in [-0.15, -0.1) is 0 Å². The van der Waals surface area contributed by atoms with Crippen LogP contribution in [-0.4, -0.2) is 29.0 Å². The van der Waals surface area contributed by atoms with E-state index in [1.165, 1.54) is 5.69 Å². The minimum atomic E-state index is 0.0591. The first-order valence-corrected chi connectivity index (χ1v) is 6.81. The van der Waals surface area contributed by atoms with Crippen molar-refractivity contribution in [1.29, 1.82) is 0 Å². The minimum Gasteiger partial charge on any atom is -0.497 e. The maximum atomic E-state index is 12.7. The number of hydrogen-bond acceptors (Lipinski definition) is 2. The number of hydrogen-bond donors (Lipinski definition) is 0. The number of rotatable bonds is 2. The summed E-state index contributed by atoms with van der Waals surface area (Å²) in [7, 11) is 1.61.